The number of pyridine rings is 1. The molecule has 1 aliphatic rings. The molecule has 4 rings (SSSR count). The van der Waals surface area contributed by atoms with E-state index < -0.39 is 10.0 Å². The van der Waals surface area contributed by atoms with Crippen LogP contribution in [0.1, 0.15) is 11.1 Å². The first-order valence-corrected chi connectivity index (χ1v) is 11.3. The molecule has 3 heterocycles. The normalized spacial score (nSPS) is 15.6. The van der Waals surface area contributed by atoms with Gasteiger partial charge < -0.3 is 4.90 Å². The molecule has 0 amide bonds. The van der Waals surface area contributed by atoms with Crippen molar-refractivity contribution in [2.24, 2.45) is 0 Å². The van der Waals surface area contributed by atoms with Gasteiger partial charge in [-0.3, -0.25) is 4.98 Å². The summed E-state index contributed by atoms with van der Waals surface area (Å²) in [5, 5.41) is 9.85. The van der Waals surface area contributed by atoms with E-state index in [1.807, 2.05) is 66.4 Å². The molecule has 1 aromatic carbocycles. The molecular formula is C22H23N5O2S. The van der Waals surface area contributed by atoms with Crippen LogP contribution in [-0.2, 0) is 10.0 Å². The van der Waals surface area contributed by atoms with Crippen molar-refractivity contribution in [1.82, 2.24) is 19.5 Å². The predicted molar refractivity (Wildman–Crippen MR) is 118 cm³/mol. The Morgan fingerprint density at radius 3 is 2.27 bits per heavy atom. The van der Waals surface area contributed by atoms with Gasteiger partial charge in [-0.15, -0.1) is 10.2 Å². The van der Waals surface area contributed by atoms with Gasteiger partial charge in [0.1, 0.15) is 5.69 Å². The van der Waals surface area contributed by atoms with E-state index in [4.69, 9.17) is 0 Å². The highest BCUT2D eigenvalue weighted by atomic mass is 32.2. The van der Waals surface area contributed by atoms with Gasteiger partial charge in [0.15, 0.2) is 5.82 Å². The van der Waals surface area contributed by atoms with Crippen LogP contribution in [0.4, 0.5) is 5.82 Å². The minimum atomic E-state index is -3.46. The summed E-state index contributed by atoms with van der Waals surface area (Å²) in [5.41, 5.74) is 3.49. The Morgan fingerprint density at radius 1 is 0.867 bits per heavy atom. The Labute approximate surface area is 176 Å². The molecule has 2 aromatic heterocycles. The Hall–Kier alpha value is -3.10. The zero-order valence-electron chi connectivity index (χ0n) is 16.7. The number of nitrogens with zero attached hydrogens (tertiary/aromatic N) is 5. The number of aromatic nitrogens is 3. The second kappa shape index (κ2) is 8.73. The summed E-state index contributed by atoms with van der Waals surface area (Å²) in [6.45, 7) is 3.94. The molecule has 7 nitrogen and oxygen atoms in total. The molecule has 0 atom stereocenters. The summed E-state index contributed by atoms with van der Waals surface area (Å²) in [5.74, 6) is 0.738. The zero-order chi connectivity index (χ0) is 21.0. The molecule has 0 unspecified atom stereocenters. The third-order valence-electron chi connectivity index (χ3n) is 5.01. The van der Waals surface area contributed by atoms with E-state index in [-0.39, 0.29) is 0 Å². The number of anilines is 1. The lowest BCUT2D eigenvalue weighted by Crippen LogP contribution is -2.48. The maximum Gasteiger partial charge on any atom is 0.236 e. The van der Waals surface area contributed by atoms with Crippen molar-refractivity contribution in [1.29, 1.82) is 0 Å². The second-order valence-electron chi connectivity index (χ2n) is 7.14. The van der Waals surface area contributed by atoms with Crippen LogP contribution in [0.5, 0.6) is 0 Å². The number of sulfonamides is 1. The summed E-state index contributed by atoms with van der Waals surface area (Å²) in [6, 6.07) is 17.2. The first-order chi connectivity index (χ1) is 14.5. The predicted octanol–water partition coefficient (Wildman–Crippen LogP) is 2.97. The lowest BCUT2D eigenvalue weighted by molar-refractivity contribution is 0.388. The molecule has 1 saturated heterocycles. The van der Waals surface area contributed by atoms with Crippen LogP contribution in [0.3, 0.4) is 0 Å². The summed E-state index contributed by atoms with van der Waals surface area (Å²) >= 11 is 0. The number of benzene rings is 1. The summed E-state index contributed by atoms with van der Waals surface area (Å²) in [4.78, 5) is 6.32. The molecule has 0 radical (unpaired) electrons. The van der Waals surface area contributed by atoms with E-state index in [9.17, 15) is 8.42 Å². The molecular weight excluding hydrogens is 398 g/mol. The monoisotopic (exact) mass is 421 g/mol. The van der Waals surface area contributed by atoms with Gasteiger partial charge in [-0.1, -0.05) is 35.9 Å². The highest BCUT2D eigenvalue weighted by Crippen LogP contribution is 2.19. The van der Waals surface area contributed by atoms with Gasteiger partial charge in [-0.05, 0) is 42.8 Å². The van der Waals surface area contributed by atoms with Crippen molar-refractivity contribution in [3.8, 4) is 11.4 Å². The Bertz CT molecular complexity index is 1110. The minimum Gasteiger partial charge on any atom is -0.352 e. The molecule has 154 valence electrons. The number of piperazine rings is 1. The van der Waals surface area contributed by atoms with Crippen molar-refractivity contribution in [2.45, 2.75) is 6.92 Å². The maximum atomic E-state index is 12.7. The van der Waals surface area contributed by atoms with Gasteiger partial charge in [0.05, 0.1) is 5.69 Å². The number of aryl methyl sites for hydroxylation is 1. The average molecular weight is 422 g/mol. The second-order valence-corrected chi connectivity index (χ2v) is 8.95. The SMILES string of the molecule is Cc1ccc(/C=C/S(=O)(=O)N2CCN(c3ccc(-c4ccccn4)nn3)CC2)cc1. The van der Waals surface area contributed by atoms with E-state index in [0.29, 0.717) is 31.9 Å². The lowest BCUT2D eigenvalue weighted by Gasteiger charge is -2.33. The van der Waals surface area contributed by atoms with Crippen LogP contribution in [0.25, 0.3) is 17.5 Å². The van der Waals surface area contributed by atoms with E-state index in [2.05, 4.69) is 15.2 Å². The van der Waals surface area contributed by atoms with Crippen molar-refractivity contribution in [3.05, 3.63) is 77.3 Å². The first-order valence-electron chi connectivity index (χ1n) is 9.76. The fourth-order valence-electron chi connectivity index (χ4n) is 3.24. The van der Waals surface area contributed by atoms with E-state index >= 15 is 0 Å². The summed E-state index contributed by atoms with van der Waals surface area (Å²) < 4.78 is 26.8. The van der Waals surface area contributed by atoms with Crippen molar-refractivity contribution >= 4 is 21.9 Å². The molecule has 1 fully saturated rings. The fourth-order valence-corrected chi connectivity index (χ4v) is 4.42. The summed E-state index contributed by atoms with van der Waals surface area (Å²) in [7, 11) is -3.46. The van der Waals surface area contributed by atoms with E-state index in [0.717, 1.165) is 22.6 Å². The fraction of sp³-hybridized carbons (Fsp3) is 0.227. The highest BCUT2D eigenvalue weighted by Gasteiger charge is 2.25. The molecule has 30 heavy (non-hydrogen) atoms. The lowest BCUT2D eigenvalue weighted by atomic mass is 10.2. The average Bonchev–Trinajstić information content (AvgIpc) is 2.80. The number of hydrogen-bond acceptors (Lipinski definition) is 6. The molecule has 1 aliphatic heterocycles. The molecule has 0 N–H and O–H groups in total. The van der Waals surface area contributed by atoms with Crippen LogP contribution < -0.4 is 4.90 Å². The van der Waals surface area contributed by atoms with Crippen LogP contribution in [0.2, 0.25) is 0 Å². The van der Waals surface area contributed by atoms with Gasteiger partial charge in [-0.2, -0.15) is 4.31 Å². The Kier molecular flexibility index (Phi) is 5.87. The highest BCUT2D eigenvalue weighted by molar-refractivity contribution is 7.92. The van der Waals surface area contributed by atoms with Gasteiger partial charge >= 0.3 is 0 Å². The Morgan fingerprint density at radius 2 is 1.63 bits per heavy atom. The minimum absolute atomic E-state index is 0.407. The van der Waals surface area contributed by atoms with Crippen LogP contribution in [0, 0.1) is 6.92 Å². The van der Waals surface area contributed by atoms with Gasteiger partial charge in [0, 0.05) is 37.8 Å². The van der Waals surface area contributed by atoms with Crippen LogP contribution >= 0.6 is 0 Å². The standard InChI is InChI=1S/C22H23N5O2S/c1-18-5-7-19(8-6-18)11-17-30(28,29)27-15-13-26(14-16-27)22-10-9-21(24-25-22)20-4-2-3-12-23-20/h2-12,17H,13-16H2,1H3/b17-11+. The first kappa shape index (κ1) is 20.2. The molecule has 0 bridgehead atoms. The van der Waals surface area contributed by atoms with Crippen molar-refractivity contribution in [3.63, 3.8) is 0 Å². The molecule has 3 aromatic rings. The van der Waals surface area contributed by atoms with Gasteiger partial charge in [0.2, 0.25) is 10.0 Å². The number of rotatable bonds is 5. The molecule has 0 aliphatic carbocycles. The smallest absolute Gasteiger partial charge is 0.236 e. The maximum absolute atomic E-state index is 12.7. The summed E-state index contributed by atoms with van der Waals surface area (Å²) in [6.07, 6.45) is 3.36. The van der Waals surface area contributed by atoms with Crippen LogP contribution in [-0.4, -0.2) is 54.1 Å². The Balaban J connectivity index is 1.38. The number of hydrogen-bond donors (Lipinski definition) is 0. The zero-order valence-corrected chi connectivity index (χ0v) is 17.5. The molecule has 0 saturated carbocycles. The third kappa shape index (κ3) is 4.72. The largest absolute Gasteiger partial charge is 0.352 e. The quantitative estimate of drug-likeness (QED) is 0.630. The van der Waals surface area contributed by atoms with Gasteiger partial charge in [0.25, 0.3) is 0 Å². The van der Waals surface area contributed by atoms with Crippen molar-refractivity contribution < 1.29 is 8.42 Å². The molecule has 8 heteroatoms. The van der Waals surface area contributed by atoms with Crippen LogP contribution in [0.15, 0.2) is 66.2 Å². The topological polar surface area (TPSA) is 79.3 Å². The van der Waals surface area contributed by atoms with E-state index in [1.54, 1.807) is 12.3 Å². The third-order valence-corrected chi connectivity index (χ3v) is 6.58. The van der Waals surface area contributed by atoms with E-state index in [1.165, 1.54) is 9.71 Å². The van der Waals surface area contributed by atoms with Gasteiger partial charge in [-0.25, -0.2) is 8.42 Å². The van der Waals surface area contributed by atoms with Crippen molar-refractivity contribution in [2.75, 3.05) is 31.1 Å². The molecule has 0 spiro atoms.